The summed E-state index contributed by atoms with van der Waals surface area (Å²) < 4.78 is 26.2. The number of nitrogens with one attached hydrogen (secondary N) is 1. The fourth-order valence-electron chi connectivity index (χ4n) is 1.30. The number of nitrogens with two attached hydrogens (primary N) is 1. The second-order valence-corrected chi connectivity index (χ2v) is 3.43. The maximum absolute atomic E-state index is 13.3. The van der Waals surface area contributed by atoms with Crippen molar-refractivity contribution in [3.05, 3.63) is 47.5 Å². The van der Waals surface area contributed by atoms with E-state index < -0.39 is 11.6 Å². The van der Waals surface area contributed by atoms with E-state index in [1.54, 1.807) is 12.1 Å². The second kappa shape index (κ2) is 4.73. The van der Waals surface area contributed by atoms with E-state index in [2.05, 4.69) is 15.5 Å². The number of rotatable bonds is 3. The third kappa shape index (κ3) is 2.87. The summed E-state index contributed by atoms with van der Waals surface area (Å²) in [5.74, 6) is -0.204. The van der Waals surface area contributed by atoms with Gasteiger partial charge in [-0.1, -0.05) is 0 Å². The molecule has 2 rings (SSSR count). The topological polar surface area (TPSA) is 63.8 Å². The Morgan fingerprint density at radius 1 is 1.12 bits per heavy atom. The number of hydrogen-bond donors (Lipinski definition) is 2. The molecule has 0 amide bonds. The van der Waals surface area contributed by atoms with Crippen molar-refractivity contribution in [2.75, 3.05) is 11.1 Å². The van der Waals surface area contributed by atoms with Crippen LogP contribution in [0.3, 0.4) is 0 Å². The molecule has 2 aromatic rings. The monoisotopic (exact) mass is 236 g/mol. The van der Waals surface area contributed by atoms with Gasteiger partial charge in [-0.3, -0.25) is 0 Å². The second-order valence-electron chi connectivity index (χ2n) is 3.43. The van der Waals surface area contributed by atoms with Crippen LogP contribution < -0.4 is 11.1 Å². The SMILES string of the molecule is Nc1ccc(NCc2cc(F)ccc2F)nn1. The van der Waals surface area contributed by atoms with Gasteiger partial charge in [0.2, 0.25) is 0 Å². The van der Waals surface area contributed by atoms with Gasteiger partial charge in [-0.05, 0) is 30.3 Å². The lowest BCUT2D eigenvalue weighted by Gasteiger charge is -2.06. The van der Waals surface area contributed by atoms with Gasteiger partial charge in [-0.2, -0.15) is 0 Å². The molecular weight excluding hydrogens is 226 g/mol. The molecule has 88 valence electrons. The molecule has 0 saturated carbocycles. The lowest BCUT2D eigenvalue weighted by molar-refractivity contribution is 0.587. The molecule has 6 heteroatoms. The molecule has 1 heterocycles. The Morgan fingerprint density at radius 2 is 1.94 bits per heavy atom. The van der Waals surface area contributed by atoms with E-state index in [1.165, 1.54) is 0 Å². The van der Waals surface area contributed by atoms with Crippen molar-refractivity contribution in [2.24, 2.45) is 0 Å². The standard InChI is InChI=1S/C11H10F2N4/c12-8-1-2-9(13)7(5-8)6-15-11-4-3-10(14)16-17-11/h1-5H,6H2,(H2,14,16)(H,15,17). The highest BCUT2D eigenvalue weighted by Gasteiger charge is 2.04. The van der Waals surface area contributed by atoms with E-state index in [9.17, 15) is 8.78 Å². The number of nitrogen functional groups attached to an aromatic ring is 1. The average Bonchev–Trinajstić information content (AvgIpc) is 2.32. The first kappa shape index (κ1) is 11.3. The third-order valence-electron chi connectivity index (χ3n) is 2.15. The molecule has 17 heavy (non-hydrogen) atoms. The molecule has 0 atom stereocenters. The highest BCUT2D eigenvalue weighted by atomic mass is 19.1. The van der Waals surface area contributed by atoms with Gasteiger partial charge in [-0.15, -0.1) is 10.2 Å². The number of hydrogen-bond acceptors (Lipinski definition) is 4. The lowest BCUT2D eigenvalue weighted by Crippen LogP contribution is -2.05. The molecule has 0 radical (unpaired) electrons. The summed E-state index contributed by atoms with van der Waals surface area (Å²) in [7, 11) is 0. The minimum absolute atomic E-state index is 0.127. The molecule has 0 aliphatic rings. The molecule has 0 unspecified atom stereocenters. The van der Waals surface area contributed by atoms with Crippen molar-refractivity contribution in [3.63, 3.8) is 0 Å². The van der Waals surface area contributed by atoms with Crippen molar-refractivity contribution in [2.45, 2.75) is 6.54 Å². The number of aromatic nitrogens is 2. The molecule has 0 fully saturated rings. The van der Waals surface area contributed by atoms with Crippen LogP contribution in [-0.4, -0.2) is 10.2 Å². The van der Waals surface area contributed by atoms with E-state index in [0.717, 1.165) is 18.2 Å². The van der Waals surface area contributed by atoms with Crippen LogP contribution >= 0.6 is 0 Å². The summed E-state index contributed by atoms with van der Waals surface area (Å²) in [6.07, 6.45) is 0. The average molecular weight is 236 g/mol. The first-order valence-corrected chi connectivity index (χ1v) is 4.92. The van der Waals surface area contributed by atoms with Crippen LogP contribution in [0.4, 0.5) is 20.4 Å². The Hall–Kier alpha value is -2.24. The number of benzene rings is 1. The van der Waals surface area contributed by atoms with Crippen molar-refractivity contribution in [3.8, 4) is 0 Å². The molecule has 1 aromatic carbocycles. The predicted octanol–water partition coefficient (Wildman–Crippen LogP) is 1.95. The van der Waals surface area contributed by atoms with E-state index >= 15 is 0 Å². The zero-order valence-corrected chi connectivity index (χ0v) is 8.82. The van der Waals surface area contributed by atoms with Crippen LogP contribution in [0.25, 0.3) is 0 Å². The molecule has 0 saturated heterocycles. The van der Waals surface area contributed by atoms with Crippen molar-refractivity contribution >= 4 is 11.6 Å². The normalized spacial score (nSPS) is 10.2. The minimum atomic E-state index is -0.480. The van der Waals surface area contributed by atoms with E-state index in [0.29, 0.717) is 11.6 Å². The zero-order valence-electron chi connectivity index (χ0n) is 8.82. The predicted molar refractivity (Wildman–Crippen MR) is 60.1 cm³/mol. The van der Waals surface area contributed by atoms with Gasteiger partial charge in [0.05, 0.1) is 0 Å². The van der Waals surface area contributed by atoms with Crippen LogP contribution in [0.1, 0.15) is 5.56 Å². The summed E-state index contributed by atoms with van der Waals surface area (Å²) in [5, 5.41) is 10.2. The Kier molecular flexibility index (Phi) is 3.13. The number of nitrogens with zero attached hydrogens (tertiary/aromatic N) is 2. The van der Waals surface area contributed by atoms with Gasteiger partial charge >= 0.3 is 0 Å². The van der Waals surface area contributed by atoms with E-state index in [1.807, 2.05) is 0 Å². The van der Waals surface area contributed by atoms with Gasteiger partial charge < -0.3 is 11.1 Å². The van der Waals surface area contributed by atoms with Crippen molar-refractivity contribution in [1.29, 1.82) is 0 Å². The fourth-order valence-corrected chi connectivity index (χ4v) is 1.30. The largest absolute Gasteiger partial charge is 0.382 e. The van der Waals surface area contributed by atoms with Crippen LogP contribution in [0.5, 0.6) is 0 Å². The number of halogens is 2. The Morgan fingerprint density at radius 3 is 2.65 bits per heavy atom. The van der Waals surface area contributed by atoms with E-state index in [-0.39, 0.29) is 12.1 Å². The summed E-state index contributed by atoms with van der Waals surface area (Å²) in [6.45, 7) is 0.127. The van der Waals surface area contributed by atoms with Crippen LogP contribution in [0, 0.1) is 11.6 Å². The van der Waals surface area contributed by atoms with Crippen molar-refractivity contribution < 1.29 is 8.78 Å². The first-order chi connectivity index (χ1) is 8.15. The summed E-state index contributed by atoms with van der Waals surface area (Å²) in [5.41, 5.74) is 5.59. The quantitative estimate of drug-likeness (QED) is 0.854. The molecular formula is C11H10F2N4. The maximum Gasteiger partial charge on any atom is 0.149 e. The van der Waals surface area contributed by atoms with Crippen LogP contribution in [-0.2, 0) is 6.54 Å². The molecule has 4 nitrogen and oxygen atoms in total. The van der Waals surface area contributed by atoms with E-state index in [4.69, 9.17) is 5.73 Å². The Balaban J connectivity index is 2.07. The van der Waals surface area contributed by atoms with Gasteiger partial charge in [0.25, 0.3) is 0 Å². The first-order valence-electron chi connectivity index (χ1n) is 4.92. The van der Waals surface area contributed by atoms with Crippen LogP contribution in [0.2, 0.25) is 0 Å². The van der Waals surface area contributed by atoms with Crippen LogP contribution in [0.15, 0.2) is 30.3 Å². The molecule has 0 spiro atoms. The van der Waals surface area contributed by atoms with Gasteiger partial charge in [-0.25, -0.2) is 8.78 Å². The molecule has 0 bridgehead atoms. The third-order valence-corrected chi connectivity index (χ3v) is 2.15. The number of anilines is 2. The summed E-state index contributed by atoms with van der Waals surface area (Å²) in [6, 6.07) is 6.47. The lowest BCUT2D eigenvalue weighted by atomic mass is 10.2. The van der Waals surface area contributed by atoms with Gasteiger partial charge in [0, 0.05) is 12.1 Å². The molecule has 3 N–H and O–H groups in total. The minimum Gasteiger partial charge on any atom is -0.382 e. The molecule has 0 aliphatic carbocycles. The highest BCUT2D eigenvalue weighted by molar-refractivity contribution is 5.39. The molecule has 0 aliphatic heterocycles. The van der Waals surface area contributed by atoms with Crippen molar-refractivity contribution in [1.82, 2.24) is 10.2 Å². The fraction of sp³-hybridized carbons (Fsp3) is 0.0909. The zero-order chi connectivity index (χ0) is 12.3. The Labute approximate surface area is 96.5 Å². The highest BCUT2D eigenvalue weighted by Crippen LogP contribution is 2.11. The van der Waals surface area contributed by atoms with Gasteiger partial charge in [0.1, 0.15) is 23.3 Å². The smallest absolute Gasteiger partial charge is 0.149 e. The summed E-state index contributed by atoms with van der Waals surface area (Å²) >= 11 is 0. The molecule has 1 aromatic heterocycles. The van der Waals surface area contributed by atoms with Gasteiger partial charge in [0.15, 0.2) is 0 Å². The summed E-state index contributed by atoms with van der Waals surface area (Å²) in [4.78, 5) is 0. The maximum atomic E-state index is 13.3. The Bertz CT molecular complexity index is 513.